The first-order chi connectivity index (χ1) is 18.0. The molecule has 2 aliphatic heterocycles. The van der Waals surface area contributed by atoms with Crippen LogP contribution in [0.2, 0.25) is 0 Å². The molecule has 0 bridgehead atoms. The van der Waals surface area contributed by atoms with Crippen LogP contribution in [0.1, 0.15) is 44.6 Å². The molecule has 3 aromatic carbocycles. The highest BCUT2D eigenvalue weighted by Gasteiger charge is 2.46. The molecule has 0 spiro atoms. The lowest BCUT2D eigenvalue weighted by atomic mass is 9.75. The average molecular weight is 503 g/mol. The molecule has 8 nitrogen and oxygen atoms in total. The van der Waals surface area contributed by atoms with Gasteiger partial charge in [-0.1, -0.05) is 24.3 Å². The van der Waals surface area contributed by atoms with E-state index in [1.807, 2.05) is 35.2 Å². The fraction of sp³-hybridized carbons (Fsp3) is 0.310. The van der Waals surface area contributed by atoms with Gasteiger partial charge in [0, 0.05) is 30.3 Å². The predicted octanol–water partition coefficient (Wildman–Crippen LogP) is 3.87. The minimum atomic E-state index is -0.641. The summed E-state index contributed by atoms with van der Waals surface area (Å²) >= 11 is 0. The van der Waals surface area contributed by atoms with E-state index in [0.717, 1.165) is 23.1 Å². The Hall–Kier alpha value is -4.20. The van der Waals surface area contributed by atoms with Gasteiger partial charge in [0.2, 0.25) is 5.91 Å². The second kappa shape index (κ2) is 10.0. The first kappa shape index (κ1) is 24.5. The minimum absolute atomic E-state index is 0.115. The number of carbonyl (C=O) groups excluding carboxylic acids is 2. The fourth-order valence-corrected chi connectivity index (χ4v) is 5.42. The van der Waals surface area contributed by atoms with Crippen molar-refractivity contribution in [1.29, 1.82) is 0 Å². The van der Waals surface area contributed by atoms with Gasteiger partial charge in [0.05, 0.1) is 40.4 Å². The molecule has 1 N–H and O–H groups in total. The van der Waals surface area contributed by atoms with Crippen molar-refractivity contribution in [2.45, 2.75) is 24.9 Å². The number of nitrogens with one attached hydrogen (secondary N) is 1. The van der Waals surface area contributed by atoms with Crippen molar-refractivity contribution < 1.29 is 28.5 Å². The Bertz CT molecular complexity index is 1350. The smallest absolute Gasteiger partial charge is 0.254 e. The highest BCUT2D eigenvalue weighted by molar-refractivity contribution is 6.02. The van der Waals surface area contributed by atoms with Gasteiger partial charge in [0.25, 0.3) is 5.91 Å². The molecule has 192 valence electrons. The van der Waals surface area contributed by atoms with Gasteiger partial charge >= 0.3 is 0 Å². The topological polar surface area (TPSA) is 86.3 Å². The van der Waals surface area contributed by atoms with Gasteiger partial charge in [-0.2, -0.15) is 0 Å². The number of amides is 2. The zero-order valence-electron chi connectivity index (χ0n) is 21.4. The predicted molar refractivity (Wildman–Crippen MR) is 138 cm³/mol. The van der Waals surface area contributed by atoms with Crippen LogP contribution in [0.15, 0.2) is 54.6 Å². The molecule has 3 aromatic rings. The first-order valence-electron chi connectivity index (χ1n) is 12.1. The quantitative estimate of drug-likeness (QED) is 0.528. The Balaban J connectivity index is 1.57. The molecule has 0 unspecified atom stereocenters. The summed E-state index contributed by atoms with van der Waals surface area (Å²) in [7, 11) is 6.25. The molecular weight excluding hydrogens is 472 g/mol. The van der Waals surface area contributed by atoms with E-state index in [0.29, 0.717) is 40.7 Å². The van der Waals surface area contributed by atoms with Gasteiger partial charge in [0.1, 0.15) is 11.5 Å². The summed E-state index contributed by atoms with van der Waals surface area (Å²) in [4.78, 5) is 29.5. The van der Waals surface area contributed by atoms with Gasteiger partial charge < -0.3 is 29.2 Å². The van der Waals surface area contributed by atoms with E-state index in [9.17, 15) is 9.59 Å². The lowest BCUT2D eigenvalue weighted by Crippen LogP contribution is -2.50. The monoisotopic (exact) mass is 502 g/mol. The molecule has 5 rings (SSSR count). The highest BCUT2D eigenvalue weighted by atomic mass is 16.5. The van der Waals surface area contributed by atoms with Crippen molar-refractivity contribution in [3.05, 3.63) is 82.4 Å². The Labute approximate surface area is 216 Å². The summed E-state index contributed by atoms with van der Waals surface area (Å²) in [5.74, 6) is 1.27. The van der Waals surface area contributed by atoms with E-state index >= 15 is 0 Å². The lowest BCUT2D eigenvalue weighted by Gasteiger charge is -2.45. The number of benzene rings is 3. The Morgan fingerprint density at radius 2 is 1.62 bits per heavy atom. The second-order valence-electron chi connectivity index (χ2n) is 9.06. The standard InChI is InChI=1S/C29H30N2O6/c1-34-19-10-9-18(23(13-19)35-2)16-30-28(32)26-21-14-24(36-3)25(37-4)15-22(21)29(33)31-12-11-17-7-5-6-8-20(17)27(26)31/h5-10,13-15,26-27H,11-12,16H2,1-4H3,(H,30,32)/t26-,27-/m0/s1. The third-order valence-electron chi connectivity index (χ3n) is 7.26. The van der Waals surface area contributed by atoms with E-state index in [1.165, 1.54) is 7.11 Å². The Morgan fingerprint density at radius 1 is 0.892 bits per heavy atom. The van der Waals surface area contributed by atoms with Crippen LogP contribution in [0.3, 0.4) is 0 Å². The third-order valence-corrected chi connectivity index (χ3v) is 7.26. The zero-order chi connectivity index (χ0) is 26.1. The van der Waals surface area contributed by atoms with E-state index in [2.05, 4.69) is 11.4 Å². The number of methoxy groups -OCH3 is 4. The zero-order valence-corrected chi connectivity index (χ0v) is 21.4. The maximum atomic E-state index is 14.0. The molecule has 2 heterocycles. The van der Waals surface area contributed by atoms with E-state index in [4.69, 9.17) is 18.9 Å². The molecule has 0 aliphatic carbocycles. The van der Waals surface area contributed by atoms with Crippen LogP contribution >= 0.6 is 0 Å². The van der Waals surface area contributed by atoms with Crippen LogP contribution in [0.25, 0.3) is 0 Å². The maximum Gasteiger partial charge on any atom is 0.254 e. The molecule has 0 aromatic heterocycles. The number of hydrogen-bond acceptors (Lipinski definition) is 6. The van der Waals surface area contributed by atoms with Crippen LogP contribution in [0.5, 0.6) is 23.0 Å². The molecular formula is C29H30N2O6. The number of nitrogens with zero attached hydrogens (tertiary/aromatic N) is 1. The highest BCUT2D eigenvalue weighted by Crippen LogP contribution is 2.48. The molecule has 0 fully saturated rings. The number of ether oxygens (including phenoxy) is 4. The van der Waals surface area contributed by atoms with E-state index in [1.54, 1.807) is 39.5 Å². The van der Waals surface area contributed by atoms with Gasteiger partial charge in [-0.3, -0.25) is 9.59 Å². The molecule has 0 saturated carbocycles. The largest absolute Gasteiger partial charge is 0.497 e. The summed E-state index contributed by atoms with van der Waals surface area (Å²) in [6, 6.07) is 16.5. The number of carbonyl (C=O) groups is 2. The van der Waals surface area contributed by atoms with Gasteiger partial charge in [-0.15, -0.1) is 0 Å². The molecule has 2 amide bonds. The maximum absolute atomic E-state index is 14.0. The molecule has 2 aliphatic rings. The number of hydrogen-bond donors (Lipinski definition) is 1. The summed E-state index contributed by atoms with van der Waals surface area (Å²) in [5.41, 5.74) is 4.03. The van der Waals surface area contributed by atoms with Crippen LogP contribution < -0.4 is 24.3 Å². The normalized spacial score (nSPS) is 17.7. The van der Waals surface area contributed by atoms with E-state index in [-0.39, 0.29) is 18.4 Å². The van der Waals surface area contributed by atoms with Crippen LogP contribution in [0, 0.1) is 0 Å². The van der Waals surface area contributed by atoms with Gasteiger partial charge in [-0.25, -0.2) is 0 Å². The van der Waals surface area contributed by atoms with E-state index < -0.39 is 12.0 Å². The summed E-state index contributed by atoms with van der Waals surface area (Å²) in [6.45, 7) is 0.790. The molecule has 2 atom stereocenters. The first-order valence-corrected chi connectivity index (χ1v) is 12.1. The second-order valence-corrected chi connectivity index (χ2v) is 9.06. The average Bonchev–Trinajstić information content (AvgIpc) is 2.95. The van der Waals surface area contributed by atoms with Crippen LogP contribution in [-0.2, 0) is 17.8 Å². The molecule has 0 radical (unpaired) electrons. The van der Waals surface area contributed by atoms with Crippen molar-refractivity contribution in [2.24, 2.45) is 0 Å². The summed E-state index contributed by atoms with van der Waals surface area (Å²) in [6.07, 6.45) is 0.735. The SMILES string of the molecule is COc1ccc(CNC(=O)[C@H]2c3cc(OC)c(OC)cc3C(=O)N3CCc4ccccc4[C@@H]23)c(OC)c1. The van der Waals surface area contributed by atoms with Gasteiger partial charge in [-0.05, 0) is 47.4 Å². The molecule has 8 heteroatoms. The fourth-order valence-electron chi connectivity index (χ4n) is 5.42. The molecule has 0 saturated heterocycles. The lowest BCUT2D eigenvalue weighted by molar-refractivity contribution is -0.124. The van der Waals surface area contributed by atoms with Crippen LogP contribution in [0.4, 0.5) is 0 Å². The summed E-state index contributed by atoms with van der Waals surface area (Å²) in [5, 5.41) is 3.10. The third kappa shape index (κ3) is 4.22. The van der Waals surface area contributed by atoms with Crippen molar-refractivity contribution in [2.75, 3.05) is 35.0 Å². The van der Waals surface area contributed by atoms with Crippen molar-refractivity contribution in [3.63, 3.8) is 0 Å². The Kier molecular flexibility index (Phi) is 6.65. The number of fused-ring (bicyclic) bond motifs is 4. The number of rotatable bonds is 7. The summed E-state index contributed by atoms with van der Waals surface area (Å²) < 4.78 is 21.8. The molecule has 37 heavy (non-hydrogen) atoms. The van der Waals surface area contributed by atoms with Crippen LogP contribution in [-0.4, -0.2) is 51.7 Å². The van der Waals surface area contributed by atoms with Crippen molar-refractivity contribution >= 4 is 11.8 Å². The minimum Gasteiger partial charge on any atom is -0.497 e. The van der Waals surface area contributed by atoms with Crippen molar-refractivity contribution in [1.82, 2.24) is 10.2 Å². The Morgan fingerprint density at radius 3 is 2.35 bits per heavy atom. The van der Waals surface area contributed by atoms with Gasteiger partial charge in [0.15, 0.2) is 11.5 Å². The van der Waals surface area contributed by atoms with Crippen molar-refractivity contribution in [3.8, 4) is 23.0 Å².